The van der Waals surface area contributed by atoms with E-state index in [2.05, 4.69) is 71.5 Å². The summed E-state index contributed by atoms with van der Waals surface area (Å²) in [6.07, 6.45) is 3.99. The third-order valence-electron chi connectivity index (χ3n) is 4.75. The van der Waals surface area contributed by atoms with Crippen LogP contribution in [-0.4, -0.2) is 6.54 Å². The van der Waals surface area contributed by atoms with Crippen LogP contribution in [0.5, 0.6) is 0 Å². The highest BCUT2D eigenvalue weighted by Gasteiger charge is 2.34. The Kier molecular flexibility index (Phi) is 4.66. The molecule has 21 heavy (non-hydrogen) atoms. The van der Waals surface area contributed by atoms with Crippen LogP contribution >= 0.6 is 15.9 Å². The summed E-state index contributed by atoms with van der Waals surface area (Å²) in [7, 11) is 0. The first-order chi connectivity index (χ1) is 10.2. The van der Waals surface area contributed by atoms with Gasteiger partial charge in [0, 0.05) is 10.5 Å². The van der Waals surface area contributed by atoms with Crippen molar-refractivity contribution in [3.63, 3.8) is 0 Å². The molecule has 2 heteroatoms. The van der Waals surface area contributed by atoms with Gasteiger partial charge in [-0.05, 0) is 60.0 Å². The molecule has 0 heterocycles. The molecule has 3 rings (SSSR count). The molecular weight excluding hydrogens is 322 g/mol. The van der Waals surface area contributed by atoms with Gasteiger partial charge in [0.05, 0.1) is 0 Å². The summed E-state index contributed by atoms with van der Waals surface area (Å²) in [5.41, 5.74) is 1.46. The highest BCUT2D eigenvalue weighted by atomic mass is 79.9. The van der Waals surface area contributed by atoms with Crippen LogP contribution in [0, 0.1) is 11.8 Å². The van der Waals surface area contributed by atoms with Crippen molar-refractivity contribution in [2.24, 2.45) is 11.8 Å². The maximum atomic E-state index is 3.80. The Labute approximate surface area is 136 Å². The zero-order valence-corrected chi connectivity index (χ0v) is 14.5. The number of hydrogen-bond acceptors (Lipinski definition) is 1. The second-order valence-electron chi connectivity index (χ2n) is 6.31. The zero-order chi connectivity index (χ0) is 14.8. The number of nitrogens with one attached hydrogen (secondary N) is 1. The third-order valence-corrected chi connectivity index (χ3v) is 5.44. The Morgan fingerprint density at radius 3 is 2.52 bits per heavy atom. The number of fused-ring (bicyclic) bond motifs is 1. The second kappa shape index (κ2) is 6.50. The van der Waals surface area contributed by atoms with E-state index < -0.39 is 0 Å². The minimum atomic E-state index is 0.468. The summed E-state index contributed by atoms with van der Waals surface area (Å²) in [4.78, 5) is 0. The van der Waals surface area contributed by atoms with Gasteiger partial charge in [-0.15, -0.1) is 0 Å². The van der Waals surface area contributed by atoms with E-state index >= 15 is 0 Å². The largest absolute Gasteiger partial charge is 0.310 e. The van der Waals surface area contributed by atoms with Crippen LogP contribution in [0.2, 0.25) is 0 Å². The average Bonchev–Trinajstić information content (AvgIpc) is 3.34. The van der Waals surface area contributed by atoms with Crippen LogP contribution in [0.15, 0.2) is 40.9 Å². The minimum Gasteiger partial charge on any atom is -0.310 e. The number of benzene rings is 2. The van der Waals surface area contributed by atoms with Gasteiger partial charge in [-0.3, -0.25) is 0 Å². The van der Waals surface area contributed by atoms with Gasteiger partial charge >= 0.3 is 0 Å². The predicted molar refractivity (Wildman–Crippen MR) is 94.6 cm³/mol. The van der Waals surface area contributed by atoms with Gasteiger partial charge < -0.3 is 5.32 Å². The van der Waals surface area contributed by atoms with E-state index in [0.29, 0.717) is 12.0 Å². The van der Waals surface area contributed by atoms with E-state index in [1.165, 1.54) is 40.1 Å². The van der Waals surface area contributed by atoms with Gasteiger partial charge in [0.1, 0.15) is 0 Å². The van der Waals surface area contributed by atoms with Crippen LogP contribution in [-0.2, 0) is 0 Å². The molecular formula is C19H24BrN. The second-order valence-corrected chi connectivity index (χ2v) is 7.16. The first kappa shape index (κ1) is 15.1. The predicted octanol–water partition coefficient (Wildman–Crippen LogP) is 5.69. The summed E-state index contributed by atoms with van der Waals surface area (Å²) >= 11 is 3.69. The highest BCUT2D eigenvalue weighted by molar-refractivity contribution is 9.10. The molecule has 1 saturated carbocycles. The summed E-state index contributed by atoms with van der Waals surface area (Å²) in [5, 5.41) is 6.51. The zero-order valence-electron chi connectivity index (χ0n) is 12.9. The average molecular weight is 346 g/mol. The Hall–Kier alpha value is -0.860. The molecule has 2 aromatic rings. The molecule has 0 aliphatic heterocycles. The van der Waals surface area contributed by atoms with Gasteiger partial charge in [0.25, 0.3) is 0 Å². The van der Waals surface area contributed by atoms with Crippen molar-refractivity contribution < 1.29 is 0 Å². The number of halogens is 1. The maximum absolute atomic E-state index is 3.80. The molecule has 0 spiro atoms. The number of rotatable bonds is 6. The van der Waals surface area contributed by atoms with Gasteiger partial charge in [-0.1, -0.05) is 60.1 Å². The van der Waals surface area contributed by atoms with Crippen molar-refractivity contribution in [3.05, 3.63) is 46.4 Å². The molecule has 0 radical (unpaired) electrons. The fourth-order valence-corrected chi connectivity index (χ4v) is 3.81. The summed E-state index contributed by atoms with van der Waals surface area (Å²) in [6.45, 7) is 5.75. The van der Waals surface area contributed by atoms with Crippen molar-refractivity contribution in [3.8, 4) is 0 Å². The van der Waals surface area contributed by atoms with E-state index in [0.717, 1.165) is 12.5 Å². The van der Waals surface area contributed by atoms with E-state index in [1.54, 1.807) is 0 Å². The normalized spacial score (nSPS) is 17.9. The Balaban J connectivity index is 2.03. The Morgan fingerprint density at radius 1 is 1.14 bits per heavy atom. The molecule has 2 aromatic carbocycles. The summed E-state index contributed by atoms with van der Waals surface area (Å²) < 4.78 is 1.19. The molecule has 1 nitrogen and oxygen atoms in total. The fourth-order valence-electron chi connectivity index (χ4n) is 3.33. The van der Waals surface area contributed by atoms with Crippen LogP contribution in [0.1, 0.15) is 44.7 Å². The van der Waals surface area contributed by atoms with Gasteiger partial charge in [-0.2, -0.15) is 0 Å². The third kappa shape index (κ3) is 3.17. The van der Waals surface area contributed by atoms with Crippen molar-refractivity contribution in [2.75, 3.05) is 6.54 Å². The maximum Gasteiger partial charge on any atom is 0.0354 e. The quantitative estimate of drug-likeness (QED) is 0.709. The lowest BCUT2D eigenvalue weighted by Crippen LogP contribution is -2.29. The minimum absolute atomic E-state index is 0.468. The Bertz CT molecular complexity index is 618. The van der Waals surface area contributed by atoms with Crippen molar-refractivity contribution in [1.29, 1.82) is 0 Å². The first-order valence-corrected chi connectivity index (χ1v) is 8.92. The molecule has 0 aromatic heterocycles. The monoisotopic (exact) mass is 345 g/mol. The first-order valence-electron chi connectivity index (χ1n) is 8.13. The molecule has 2 unspecified atom stereocenters. The van der Waals surface area contributed by atoms with Crippen molar-refractivity contribution in [2.45, 2.75) is 39.2 Å². The molecule has 1 aliphatic rings. The lowest BCUT2D eigenvalue weighted by Gasteiger charge is -2.27. The van der Waals surface area contributed by atoms with Gasteiger partial charge in [0.2, 0.25) is 0 Å². The highest BCUT2D eigenvalue weighted by Crippen LogP contribution is 2.44. The smallest absolute Gasteiger partial charge is 0.0354 e. The van der Waals surface area contributed by atoms with Crippen LogP contribution in [0.4, 0.5) is 0 Å². The Morgan fingerprint density at radius 2 is 1.86 bits per heavy atom. The van der Waals surface area contributed by atoms with E-state index in [1.807, 2.05) is 0 Å². The number of hydrogen-bond donors (Lipinski definition) is 1. The van der Waals surface area contributed by atoms with E-state index in [9.17, 15) is 0 Å². The summed E-state index contributed by atoms with van der Waals surface area (Å²) in [6, 6.07) is 13.7. The van der Waals surface area contributed by atoms with Gasteiger partial charge in [-0.25, -0.2) is 0 Å². The van der Waals surface area contributed by atoms with E-state index in [-0.39, 0.29) is 0 Å². The molecule has 1 aliphatic carbocycles. The topological polar surface area (TPSA) is 12.0 Å². The molecule has 1 fully saturated rings. The van der Waals surface area contributed by atoms with Crippen LogP contribution in [0.3, 0.4) is 0 Å². The lowest BCUT2D eigenvalue weighted by molar-refractivity contribution is 0.351. The van der Waals surface area contributed by atoms with Crippen molar-refractivity contribution >= 4 is 26.7 Å². The van der Waals surface area contributed by atoms with Crippen molar-refractivity contribution in [1.82, 2.24) is 5.32 Å². The van der Waals surface area contributed by atoms with E-state index in [4.69, 9.17) is 0 Å². The lowest BCUT2D eigenvalue weighted by atomic mass is 9.87. The SMILES string of the molecule is CCCNC(c1ccc(Br)c2ccccc12)C(C)C1CC1. The van der Waals surface area contributed by atoms with Crippen LogP contribution < -0.4 is 5.32 Å². The molecule has 2 atom stereocenters. The van der Waals surface area contributed by atoms with Gasteiger partial charge in [0.15, 0.2) is 0 Å². The molecule has 0 bridgehead atoms. The molecule has 112 valence electrons. The molecule has 0 saturated heterocycles. The fraction of sp³-hybridized carbons (Fsp3) is 0.474. The van der Waals surface area contributed by atoms with Crippen LogP contribution in [0.25, 0.3) is 10.8 Å². The summed E-state index contributed by atoms with van der Waals surface area (Å²) in [5.74, 6) is 1.61. The molecule has 1 N–H and O–H groups in total. The molecule has 0 amide bonds. The standard InChI is InChI=1S/C19H24BrN/c1-3-12-21-19(13(2)14-8-9-14)17-10-11-18(20)16-7-5-4-6-15(16)17/h4-7,10-11,13-14,19,21H,3,8-9,12H2,1-2H3.